The highest BCUT2D eigenvalue weighted by atomic mass is 16.3. The van der Waals surface area contributed by atoms with Gasteiger partial charge in [-0.15, -0.1) is 0 Å². The van der Waals surface area contributed by atoms with E-state index in [2.05, 4.69) is 0 Å². The van der Waals surface area contributed by atoms with Gasteiger partial charge in [-0.05, 0) is 5.92 Å². The van der Waals surface area contributed by atoms with Gasteiger partial charge >= 0.3 is 0 Å². The van der Waals surface area contributed by atoms with Crippen molar-refractivity contribution in [3.63, 3.8) is 0 Å². The number of Topliss-reactive ketones (excluding diaryl/α,β-unsaturated/α-hetero) is 1. The predicted molar refractivity (Wildman–Crippen MR) is 29.4 cm³/mol. The fourth-order valence-corrected chi connectivity index (χ4v) is 1.05. The average Bonchev–Trinajstić information content (AvgIpc) is 1.67. The lowest BCUT2D eigenvalue weighted by atomic mass is 9.74. The molecule has 46 valence electrons. The van der Waals surface area contributed by atoms with Crippen LogP contribution >= 0.6 is 0 Å². The minimum absolute atomic E-state index is 0.0324. The molecule has 0 amide bonds. The third-order valence-corrected chi connectivity index (χ3v) is 1.82. The Hall–Kier alpha value is -0.370. The number of aliphatic hydroxyl groups is 1. The van der Waals surface area contributed by atoms with Crippen LogP contribution in [0.4, 0.5) is 0 Å². The molecule has 0 aliphatic heterocycles. The van der Waals surface area contributed by atoms with Crippen LogP contribution in [-0.4, -0.2) is 17.5 Å². The summed E-state index contributed by atoms with van der Waals surface area (Å²) in [5.41, 5.74) is 0. The quantitative estimate of drug-likeness (QED) is 0.529. The molecule has 0 aromatic heterocycles. The summed E-state index contributed by atoms with van der Waals surface area (Å²) in [6, 6.07) is 0. The van der Waals surface area contributed by atoms with Crippen LogP contribution in [0.15, 0.2) is 0 Å². The van der Waals surface area contributed by atoms with Crippen molar-refractivity contribution in [2.45, 2.75) is 13.3 Å². The van der Waals surface area contributed by atoms with Crippen LogP contribution in [0, 0.1) is 11.8 Å². The molecule has 1 fully saturated rings. The van der Waals surface area contributed by atoms with Gasteiger partial charge in [0.25, 0.3) is 0 Å². The first-order valence-corrected chi connectivity index (χ1v) is 2.89. The van der Waals surface area contributed by atoms with Gasteiger partial charge in [-0.3, -0.25) is 4.79 Å². The second-order valence-electron chi connectivity index (χ2n) is 2.44. The summed E-state index contributed by atoms with van der Waals surface area (Å²) in [4.78, 5) is 10.5. The standard InChI is InChI=1S/C6H10O2/c1-4-2-6(8)5(4)3-7/h4-5,7H,2-3H2,1H3. The number of aliphatic hydroxyl groups excluding tert-OH is 1. The summed E-state index contributed by atoms with van der Waals surface area (Å²) in [6.07, 6.45) is 0.672. The van der Waals surface area contributed by atoms with E-state index in [9.17, 15) is 4.79 Å². The van der Waals surface area contributed by atoms with Gasteiger partial charge in [0.15, 0.2) is 0 Å². The van der Waals surface area contributed by atoms with Gasteiger partial charge in [0.05, 0.1) is 6.61 Å². The molecule has 0 aromatic rings. The molecule has 1 N–H and O–H groups in total. The molecule has 2 atom stereocenters. The smallest absolute Gasteiger partial charge is 0.138 e. The van der Waals surface area contributed by atoms with Crippen molar-refractivity contribution in [1.82, 2.24) is 0 Å². The zero-order valence-corrected chi connectivity index (χ0v) is 4.92. The third kappa shape index (κ3) is 0.650. The Labute approximate surface area is 48.5 Å². The molecule has 0 bridgehead atoms. The molecule has 1 rings (SSSR count). The van der Waals surface area contributed by atoms with Crippen molar-refractivity contribution in [3.8, 4) is 0 Å². The molecule has 1 saturated carbocycles. The Kier molecular flexibility index (Phi) is 1.34. The molecule has 0 spiro atoms. The Morgan fingerprint density at radius 1 is 1.88 bits per heavy atom. The number of rotatable bonds is 1. The van der Waals surface area contributed by atoms with E-state index < -0.39 is 0 Å². The van der Waals surface area contributed by atoms with Crippen LogP contribution in [0.25, 0.3) is 0 Å². The predicted octanol–water partition coefficient (Wildman–Crippen LogP) is 0.204. The monoisotopic (exact) mass is 114 g/mol. The topological polar surface area (TPSA) is 37.3 Å². The molecule has 0 aromatic carbocycles. The molecule has 2 heteroatoms. The van der Waals surface area contributed by atoms with E-state index in [1.807, 2.05) is 6.92 Å². The SMILES string of the molecule is CC1CC(=O)C1CO. The minimum Gasteiger partial charge on any atom is -0.396 e. The van der Waals surface area contributed by atoms with Crippen molar-refractivity contribution in [2.24, 2.45) is 11.8 Å². The maximum Gasteiger partial charge on any atom is 0.138 e. The molecule has 0 radical (unpaired) electrons. The first kappa shape index (κ1) is 5.76. The Morgan fingerprint density at radius 2 is 2.50 bits per heavy atom. The van der Waals surface area contributed by atoms with Crippen LogP contribution in [0.3, 0.4) is 0 Å². The average molecular weight is 114 g/mol. The van der Waals surface area contributed by atoms with E-state index in [1.165, 1.54) is 0 Å². The number of hydrogen-bond acceptors (Lipinski definition) is 2. The van der Waals surface area contributed by atoms with E-state index in [0.717, 1.165) is 0 Å². The van der Waals surface area contributed by atoms with Crippen LogP contribution < -0.4 is 0 Å². The summed E-state index contributed by atoms with van der Waals surface area (Å²) in [5, 5.41) is 8.51. The summed E-state index contributed by atoms with van der Waals surface area (Å²) in [6.45, 7) is 2.03. The zero-order valence-electron chi connectivity index (χ0n) is 4.92. The lowest BCUT2D eigenvalue weighted by molar-refractivity contribution is -0.135. The molecule has 1 aliphatic carbocycles. The van der Waals surface area contributed by atoms with Gasteiger partial charge in [0.2, 0.25) is 0 Å². The van der Waals surface area contributed by atoms with Crippen molar-refractivity contribution >= 4 is 5.78 Å². The molecule has 1 aliphatic rings. The number of ketones is 1. The van der Waals surface area contributed by atoms with E-state index in [0.29, 0.717) is 12.3 Å². The zero-order chi connectivity index (χ0) is 6.15. The van der Waals surface area contributed by atoms with Crippen LogP contribution in [0.5, 0.6) is 0 Å². The summed E-state index contributed by atoms with van der Waals surface area (Å²) >= 11 is 0. The van der Waals surface area contributed by atoms with Crippen molar-refractivity contribution in [2.75, 3.05) is 6.61 Å². The fraction of sp³-hybridized carbons (Fsp3) is 0.833. The summed E-state index contributed by atoms with van der Waals surface area (Å²) in [7, 11) is 0. The molecule has 2 unspecified atom stereocenters. The molecular weight excluding hydrogens is 104 g/mol. The van der Waals surface area contributed by atoms with E-state index >= 15 is 0 Å². The molecule has 2 nitrogen and oxygen atoms in total. The number of carbonyl (C=O) groups excluding carboxylic acids is 1. The van der Waals surface area contributed by atoms with Crippen molar-refractivity contribution in [3.05, 3.63) is 0 Å². The van der Waals surface area contributed by atoms with Crippen LogP contribution in [0.1, 0.15) is 13.3 Å². The third-order valence-electron chi connectivity index (χ3n) is 1.82. The van der Waals surface area contributed by atoms with E-state index in [4.69, 9.17) is 5.11 Å². The second kappa shape index (κ2) is 1.86. The lowest BCUT2D eigenvalue weighted by Crippen LogP contribution is -2.37. The molecule has 8 heavy (non-hydrogen) atoms. The summed E-state index contributed by atoms with van der Waals surface area (Å²) in [5.74, 6) is 0.613. The van der Waals surface area contributed by atoms with Crippen LogP contribution in [-0.2, 0) is 4.79 Å². The Balaban J connectivity index is 2.40. The maximum atomic E-state index is 10.5. The molecule has 0 saturated heterocycles. The highest BCUT2D eigenvalue weighted by Gasteiger charge is 2.35. The number of hydrogen-bond donors (Lipinski definition) is 1. The van der Waals surface area contributed by atoms with Gasteiger partial charge in [-0.1, -0.05) is 6.92 Å². The van der Waals surface area contributed by atoms with E-state index in [1.54, 1.807) is 0 Å². The first-order chi connectivity index (χ1) is 3.75. The second-order valence-corrected chi connectivity index (χ2v) is 2.44. The van der Waals surface area contributed by atoms with Crippen molar-refractivity contribution < 1.29 is 9.90 Å². The Morgan fingerprint density at radius 3 is 2.62 bits per heavy atom. The van der Waals surface area contributed by atoms with Crippen LogP contribution in [0.2, 0.25) is 0 Å². The normalized spacial score (nSPS) is 37.0. The van der Waals surface area contributed by atoms with Gasteiger partial charge in [-0.2, -0.15) is 0 Å². The first-order valence-electron chi connectivity index (χ1n) is 2.89. The Bertz CT molecular complexity index is 109. The molecular formula is C6H10O2. The lowest BCUT2D eigenvalue weighted by Gasteiger charge is -2.29. The van der Waals surface area contributed by atoms with Gasteiger partial charge < -0.3 is 5.11 Å². The number of carbonyl (C=O) groups is 1. The van der Waals surface area contributed by atoms with Gasteiger partial charge in [0, 0.05) is 12.3 Å². The minimum atomic E-state index is -0.0324. The largest absolute Gasteiger partial charge is 0.396 e. The molecule has 0 heterocycles. The highest BCUT2D eigenvalue weighted by molar-refractivity contribution is 5.87. The maximum absolute atomic E-state index is 10.5. The summed E-state index contributed by atoms with van der Waals surface area (Å²) < 4.78 is 0. The fourth-order valence-electron chi connectivity index (χ4n) is 1.05. The van der Waals surface area contributed by atoms with E-state index in [-0.39, 0.29) is 18.3 Å². The van der Waals surface area contributed by atoms with Crippen molar-refractivity contribution in [1.29, 1.82) is 0 Å². The van der Waals surface area contributed by atoms with Gasteiger partial charge in [0.1, 0.15) is 5.78 Å². The highest BCUT2D eigenvalue weighted by Crippen LogP contribution is 2.28. The van der Waals surface area contributed by atoms with Gasteiger partial charge in [-0.25, -0.2) is 0 Å².